The van der Waals surface area contributed by atoms with Crippen LogP contribution in [0.3, 0.4) is 0 Å². The number of amides is 3. The van der Waals surface area contributed by atoms with Crippen molar-refractivity contribution in [2.75, 3.05) is 27.4 Å². The maximum atomic E-state index is 13.2. The van der Waals surface area contributed by atoms with E-state index in [9.17, 15) is 9.59 Å². The first-order valence-electron chi connectivity index (χ1n) is 10.1. The van der Waals surface area contributed by atoms with Gasteiger partial charge in [-0.3, -0.25) is 9.69 Å². The van der Waals surface area contributed by atoms with Gasteiger partial charge in [0.15, 0.2) is 11.5 Å². The summed E-state index contributed by atoms with van der Waals surface area (Å²) in [6.07, 6.45) is 1.29. The maximum Gasteiger partial charge on any atom is 0.326 e. The Hall–Kier alpha value is -3.06. The second-order valence-corrected chi connectivity index (χ2v) is 8.07. The Kier molecular flexibility index (Phi) is 5.39. The number of benzene rings is 2. The molecule has 3 amide bonds. The Balaban J connectivity index is 1.47. The van der Waals surface area contributed by atoms with Crippen LogP contribution >= 0.6 is 0 Å². The number of hydrogen-bond acceptors (Lipinski definition) is 5. The van der Waals surface area contributed by atoms with E-state index in [-0.39, 0.29) is 11.9 Å². The fourth-order valence-corrected chi connectivity index (χ4v) is 4.27. The lowest BCUT2D eigenvalue weighted by Gasteiger charge is -2.31. The van der Waals surface area contributed by atoms with Gasteiger partial charge in [0.1, 0.15) is 5.54 Å². The summed E-state index contributed by atoms with van der Waals surface area (Å²) >= 11 is 0. The molecular weight excluding hydrogens is 382 g/mol. The number of ether oxygens (including phenoxy) is 2. The molecule has 0 aromatic heterocycles. The molecule has 7 nitrogen and oxygen atoms in total. The standard InChI is InChI=1S/C23H27N3O4/c1-23(13-16-8-9-19(29-2)20(12-16)30-3)21(27)26(22(28)24-23)15-25-11-10-17-6-4-5-7-18(17)14-25/h4-9,12H,10-11,13-15H2,1-3H3,(H,24,28)/t23-/m0/s1. The van der Waals surface area contributed by atoms with Gasteiger partial charge < -0.3 is 14.8 Å². The Morgan fingerprint density at radius 2 is 1.77 bits per heavy atom. The van der Waals surface area contributed by atoms with Crippen molar-refractivity contribution in [3.8, 4) is 11.5 Å². The van der Waals surface area contributed by atoms with Crippen molar-refractivity contribution >= 4 is 11.9 Å². The van der Waals surface area contributed by atoms with Gasteiger partial charge in [0.05, 0.1) is 20.9 Å². The molecule has 1 fully saturated rings. The highest BCUT2D eigenvalue weighted by molar-refractivity contribution is 6.06. The van der Waals surface area contributed by atoms with E-state index in [0.29, 0.717) is 24.6 Å². The van der Waals surface area contributed by atoms with Crippen molar-refractivity contribution in [2.45, 2.75) is 31.8 Å². The number of rotatable bonds is 6. The molecule has 2 heterocycles. The summed E-state index contributed by atoms with van der Waals surface area (Å²) in [5.41, 5.74) is 2.48. The first-order valence-corrected chi connectivity index (χ1v) is 10.1. The van der Waals surface area contributed by atoms with Gasteiger partial charge in [-0.1, -0.05) is 30.3 Å². The van der Waals surface area contributed by atoms with E-state index in [1.165, 1.54) is 16.0 Å². The summed E-state index contributed by atoms with van der Waals surface area (Å²) in [6.45, 7) is 3.62. The Labute approximate surface area is 176 Å². The van der Waals surface area contributed by atoms with Crippen LogP contribution in [-0.2, 0) is 24.2 Å². The first-order chi connectivity index (χ1) is 14.4. The topological polar surface area (TPSA) is 71.1 Å². The number of imide groups is 1. The van der Waals surface area contributed by atoms with Gasteiger partial charge in [-0.05, 0) is 42.2 Å². The molecule has 1 atom stereocenters. The van der Waals surface area contributed by atoms with Crippen LogP contribution in [0.15, 0.2) is 42.5 Å². The lowest BCUT2D eigenvalue weighted by atomic mass is 9.92. The van der Waals surface area contributed by atoms with Gasteiger partial charge in [-0.2, -0.15) is 0 Å². The highest BCUT2D eigenvalue weighted by Gasteiger charge is 2.48. The van der Waals surface area contributed by atoms with Gasteiger partial charge in [0, 0.05) is 19.5 Å². The number of urea groups is 1. The van der Waals surface area contributed by atoms with E-state index in [1.807, 2.05) is 30.3 Å². The second-order valence-electron chi connectivity index (χ2n) is 8.07. The van der Waals surface area contributed by atoms with Crippen molar-refractivity contribution < 1.29 is 19.1 Å². The third kappa shape index (κ3) is 3.73. The quantitative estimate of drug-likeness (QED) is 0.743. The van der Waals surface area contributed by atoms with Crippen molar-refractivity contribution in [3.05, 3.63) is 59.2 Å². The number of carbonyl (C=O) groups excluding carboxylic acids is 2. The minimum absolute atomic E-state index is 0.207. The zero-order valence-electron chi connectivity index (χ0n) is 17.6. The molecule has 0 radical (unpaired) electrons. The van der Waals surface area contributed by atoms with Crippen LogP contribution in [0.1, 0.15) is 23.6 Å². The zero-order valence-corrected chi connectivity index (χ0v) is 17.6. The van der Waals surface area contributed by atoms with Crippen LogP contribution in [0, 0.1) is 0 Å². The van der Waals surface area contributed by atoms with E-state index in [2.05, 4.69) is 22.3 Å². The molecule has 4 rings (SSSR count). The third-order valence-electron chi connectivity index (χ3n) is 5.90. The predicted octanol–water partition coefficient (Wildman–Crippen LogP) is 2.57. The molecule has 158 valence electrons. The second kappa shape index (κ2) is 7.99. The maximum absolute atomic E-state index is 13.2. The van der Waals surface area contributed by atoms with Gasteiger partial charge in [0.2, 0.25) is 0 Å². The smallest absolute Gasteiger partial charge is 0.326 e. The summed E-state index contributed by atoms with van der Waals surface area (Å²) in [7, 11) is 3.15. The number of carbonyl (C=O) groups is 2. The van der Waals surface area contributed by atoms with E-state index < -0.39 is 5.54 Å². The monoisotopic (exact) mass is 409 g/mol. The Morgan fingerprint density at radius 1 is 1.03 bits per heavy atom. The summed E-state index contributed by atoms with van der Waals surface area (Å²) in [5, 5.41) is 2.89. The van der Waals surface area contributed by atoms with E-state index in [4.69, 9.17) is 9.47 Å². The van der Waals surface area contributed by atoms with Gasteiger partial charge >= 0.3 is 6.03 Å². The number of methoxy groups -OCH3 is 2. The SMILES string of the molecule is COc1ccc(C[C@]2(C)NC(=O)N(CN3CCc4ccccc4C3)C2=O)cc1OC. The first kappa shape index (κ1) is 20.2. The van der Waals surface area contributed by atoms with Crippen LogP contribution < -0.4 is 14.8 Å². The molecule has 2 aromatic rings. The molecule has 0 unspecified atom stereocenters. The summed E-state index contributed by atoms with van der Waals surface area (Å²) < 4.78 is 10.6. The summed E-state index contributed by atoms with van der Waals surface area (Å²) in [4.78, 5) is 29.3. The summed E-state index contributed by atoms with van der Waals surface area (Å²) in [5.74, 6) is 1.01. The van der Waals surface area contributed by atoms with Crippen molar-refractivity contribution in [3.63, 3.8) is 0 Å². The van der Waals surface area contributed by atoms with Crippen molar-refractivity contribution in [2.24, 2.45) is 0 Å². The van der Waals surface area contributed by atoms with Gasteiger partial charge in [-0.15, -0.1) is 0 Å². The molecule has 0 spiro atoms. The van der Waals surface area contributed by atoms with Crippen LogP contribution in [0.4, 0.5) is 4.79 Å². The van der Waals surface area contributed by atoms with Gasteiger partial charge in [-0.25, -0.2) is 9.69 Å². The van der Waals surface area contributed by atoms with Crippen LogP contribution in [-0.4, -0.2) is 54.7 Å². The highest BCUT2D eigenvalue weighted by Crippen LogP contribution is 2.31. The molecule has 2 aliphatic rings. The Morgan fingerprint density at radius 3 is 2.50 bits per heavy atom. The number of nitrogens with zero attached hydrogens (tertiary/aromatic N) is 2. The highest BCUT2D eigenvalue weighted by atomic mass is 16.5. The fraction of sp³-hybridized carbons (Fsp3) is 0.391. The lowest BCUT2D eigenvalue weighted by molar-refractivity contribution is -0.132. The normalized spacial score (nSPS) is 21.4. The minimum Gasteiger partial charge on any atom is -0.493 e. The molecule has 30 heavy (non-hydrogen) atoms. The number of nitrogens with one attached hydrogen (secondary N) is 1. The molecule has 0 saturated carbocycles. The molecule has 7 heteroatoms. The number of hydrogen-bond donors (Lipinski definition) is 1. The predicted molar refractivity (Wildman–Crippen MR) is 112 cm³/mol. The zero-order chi connectivity index (χ0) is 21.3. The minimum atomic E-state index is -0.996. The Bertz CT molecular complexity index is 977. The van der Waals surface area contributed by atoms with Crippen molar-refractivity contribution in [1.82, 2.24) is 15.1 Å². The molecule has 2 aliphatic heterocycles. The fourth-order valence-electron chi connectivity index (χ4n) is 4.27. The van der Waals surface area contributed by atoms with E-state index in [1.54, 1.807) is 21.1 Å². The molecule has 1 saturated heterocycles. The van der Waals surface area contributed by atoms with Crippen molar-refractivity contribution in [1.29, 1.82) is 0 Å². The molecule has 0 bridgehead atoms. The third-order valence-corrected chi connectivity index (χ3v) is 5.90. The molecular formula is C23H27N3O4. The van der Waals surface area contributed by atoms with E-state index >= 15 is 0 Å². The van der Waals surface area contributed by atoms with Gasteiger partial charge in [0.25, 0.3) is 5.91 Å². The average molecular weight is 409 g/mol. The van der Waals surface area contributed by atoms with E-state index in [0.717, 1.165) is 25.1 Å². The number of fused-ring (bicyclic) bond motifs is 1. The molecule has 1 N–H and O–H groups in total. The molecule has 2 aromatic carbocycles. The lowest BCUT2D eigenvalue weighted by Crippen LogP contribution is -2.47. The summed E-state index contributed by atoms with van der Waals surface area (Å²) in [6, 6.07) is 13.5. The van der Waals surface area contributed by atoms with Crippen LogP contribution in [0.2, 0.25) is 0 Å². The van der Waals surface area contributed by atoms with Crippen LogP contribution in [0.5, 0.6) is 11.5 Å². The van der Waals surface area contributed by atoms with Crippen LogP contribution in [0.25, 0.3) is 0 Å². The molecule has 0 aliphatic carbocycles. The average Bonchev–Trinajstić information content (AvgIpc) is 2.96. The largest absolute Gasteiger partial charge is 0.493 e.